The van der Waals surface area contributed by atoms with E-state index in [2.05, 4.69) is 29.9 Å². The molecule has 5 heterocycles. The zero-order chi connectivity index (χ0) is 16.8. The summed E-state index contributed by atoms with van der Waals surface area (Å²) in [7, 11) is 0. The predicted molar refractivity (Wildman–Crippen MR) is 88.7 cm³/mol. The third-order valence-corrected chi connectivity index (χ3v) is 4.52. The molecule has 7 nitrogen and oxygen atoms in total. The van der Waals surface area contributed by atoms with Crippen molar-refractivity contribution in [2.75, 3.05) is 11.4 Å². The van der Waals surface area contributed by atoms with Crippen LogP contribution >= 0.6 is 0 Å². The van der Waals surface area contributed by atoms with E-state index in [0.29, 0.717) is 5.52 Å². The molecule has 0 unspecified atom stereocenters. The van der Waals surface area contributed by atoms with Crippen LogP contribution < -0.4 is 4.90 Å². The summed E-state index contributed by atoms with van der Waals surface area (Å²) < 4.78 is 15.7. The highest BCUT2D eigenvalue weighted by atomic mass is 19.1. The fourth-order valence-corrected chi connectivity index (χ4v) is 3.40. The van der Waals surface area contributed by atoms with Gasteiger partial charge in [-0.05, 0) is 18.2 Å². The zero-order valence-corrected chi connectivity index (χ0v) is 13.2. The van der Waals surface area contributed by atoms with Crippen LogP contribution in [-0.4, -0.2) is 36.1 Å². The maximum atomic E-state index is 14.1. The summed E-state index contributed by atoms with van der Waals surface area (Å²) in [5, 5.41) is 4.58. The first-order valence-electron chi connectivity index (χ1n) is 8.00. The van der Waals surface area contributed by atoms with Gasteiger partial charge in [0.25, 0.3) is 0 Å². The van der Waals surface area contributed by atoms with Gasteiger partial charge >= 0.3 is 0 Å². The first-order chi connectivity index (χ1) is 12.3. The summed E-state index contributed by atoms with van der Waals surface area (Å²) in [4.78, 5) is 18.4. The van der Waals surface area contributed by atoms with Crippen molar-refractivity contribution in [1.29, 1.82) is 0 Å². The van der Waals surface area contributed by atoms with Crippen LogP contribution in [-0.2, 0) is 6.42 Å². The highest BCUT2D eigenvalue weighted by Gasteiger charge is 2.34. The summed E-state index contributed by atoms with van der Waals surface area (Å²) in [6.07, 6.45) is 9.28. The molecule has 1 aliphatic heterocycles. The summed E-state index contributed by atoms with van der Waals surface area (Å²) in [6, 6.07) is 4.60. The molecule has 1 N–H and O–H groups in total. The molecule has 0 bridgehead atoms. The summed E-state index contributed by atoms with van der Waals surface area (Å²) >= 11 is 0. The van der Waals surface area contributed by atoms with Crippen LogP contribution in [0.4, 0.5) is 10.2 Å². The number of halogens is 1. The van der Waals surface area contributed by atoms with E-state index in [1.54, 1.807) is 47.8 Å². The van der Waals surface area contributed by atoms with E-state index >= 15 is 0 Å². The molecular weight excluding hydrogens is 321 g/mol. The van der Waals surface area contributed by atoms with Crippen LogP contribution in [0.15, 0.2) is 49.3 Å². The predicted octanol–water partition coefficient (Wildman–Crippen LogP) is 2.14. The van der Waals surface area contributed by atoms with Gasteiger partial charge in [-0.3, -0.25) is 4.98 Å². The van der Waals surface area contributed by atoms with Crippen molar-refractivity contribution in [3.63, 3.8) is 0 Å². The molecule has 0 amide bonds. The molecule has 0 aliphatic carbocycles. The Hall–Kier alpha value is -3.29. The second kappa shape index (κ2) is 5.37. The van der Waals surface area contributed by atoms with E-state index in [1.165, 1.54) is 6.07 Å². The number of fused-ring (bicyclic) bond motifs is 2. The van der Waals surface area contributed by atoms with E-state index in [1.807, 2.05) is 0 Å². The quantitative estimate of drug-likeness (QED) is 0.607. The van der Waals surface area contributed by atoms with E-state index in [4.69, 9.17) is 0 Å². The monoisotopic (exact) mass is 335 g/mol. The lowest BCUT2D eigenvalue weighted by Crippen LogP contribution is -2.37. The van der Waals surface area contributed by atoms with Gasteiger partial charge in [0, 0.05) is 37.3 Å². The molecule has 4 aromatic heterocycles. The molecular formula is C17H14FN7. The smallest absolute Gasteiger partial charge is 0.148 e. The van der Waals surface area contributed by atoms with Gasteiger partial charge < -0.3 is 9.88 Å². The Morgan fingerprint density at radius 2 is 2.20 bits per heavy atom. The van der Waals surface area contributed by atoms with E-state index in [0.717, 1.165) is 35.9 Å². The van der Waals surface area contributed by atoms with Crippen LogP contribution in [0.25, 0.3) is 5.52 Å². The summed E-state index contributed by atoms with van der Waals surface area (Å²) in [5.41, 5.74) is 3.13. The molecule has 1 aliphatic rings. The minimum absolute atomic E-state index is 0.244. The lowest BCUT2D eigenvalue weighted by molar-refractivity contribution is 0.608. The lowest BCUT2D eigenvalue weighted by Gasteiger charge is -2.34. The Morgan fingerprint density at radius 1 is 1.24 bits per heavy atom. The molecule has 5 rings (SSSR count). The fraction of sp³-hybridized carbons (Fsp3) is 0.176. The van der Waals surface area contributed by atoms with Gasteiger partial charge in [-0.15, -0.1) is 0 Å². The van der Waals surface area contributed by atoms with Crippen molar-refractivity contribution >= 4 is 11.3 Å². The minimum Gasteiger partial charge on any atom is -0.348 e. The highest BCUT2D eigenvalue weighted by molar-refractivity contribution is 5.54. The van der Waals surface area contributed by atoms with Crippen LogP contribution in [0.1, 0.15) is 23.1 Å². The first-order valence-corrected chi connectivity index (χ1v) is 8.00. The summed E-state index contributed by atoms with van der Waals surface area (Å²) in [5.74, 6) is 0.448. The SMILES string of the molecule is Fc1cccn2nc([C@H]3c4nc[nH]c4CCN3c3cnccn3)cc12. The van der Waals surface area contributed by atoms with Gasteiger partial charge in [0.15, 0.2) is 0 Å². The number of aromatic amines is 1. The first kappa shape index (κ1) is 14.1. The highest BCUT2D eigenvalue weighted by Crippen LogP contribution is 2.35. The van der Waals surface area contributed by atoms with Gasteiger partial charge in [-0.2, -0.15) is 5.10 Å². The second-order valence-electron chi connectivity index (χ2n) is 5.93. The van der Waals surface area contributed by atoms with Crippen molar-refractivity contribution in [1.82, 2.24) is 29.5 Å². The second-order valence-corrected chi connectivity index (χ2v) is 5.93. The lowest BCUT2D eigenvalue weighted by atomic mass is 10.00. The molecule has 0 fully saturated rings. The topological polar surface area (TPSA) is 75.0 Å². The molecule has 124 valence electrons. The average molecular weight is 335 g/mol. The van der Waals surface area contributed by atoms with Crippen molar-refractivity contribution in [2.45, 2.75) is 12.5 Å². The summed E-state index contributed by atoms with van der Waals surface area (Å²) in [6.45, 7) is 0.745. The number of H-pyrrole nitrogens is 1. The van der Waals surface area contributed by atoms with Crippen molar-refractivity contribution in [2.24, 2.45) is 0 Å². The molecule has 0 aromatic carbocycles. The Morgan fingerprint density at radius 3 is 3.04 bits per heavy atom. The normalized spacial score (nSPS) is 17.0. The maximum Gasteiger partial charge on any atom is 0.148 e. The van der Waals surface area contributed by atoms with Crippen LogP contribution in [0, 0.1) is 5.82 Å². The number of anilines is 1. The minimum atomic E-state index is -0.301. The Labute approximate surface area is 142 Å². The van der Waals surface area contributed by atoms with Crippen LogP contribution in [0.2, 0.25) is 0 Å². The molecule has 0 saturated carbocycles. The number of rotatable bonds is 2. The molecule has 8 heteroatoms. The van der Waals surface area contributed by atoms with Gasteiger partial charge in [-0.1, -0.05) is 0 Å². The Bertz CT molecular complexity index is 1040. The number of nitrogens with one attached hydrogen (secondary N) is 1. The third-order valence-electron chi connectivity index (χ3n) is 4.52. The fourth-order valence-electron chi connectivity index (χ4n) is 3.40. The van der Waals surface area contributed by atoms with Crippen molar-refractivity contribution in [3.05, 3.63) is 72.2 Å². The molecule has 0 spiro atoms. The third kappa shape index (κ3) is 2.18. The average Bonchev–Trinajstić information content (AvgIpc) is 3.29. The zero-order valence-electron chi connectivity index (χ0n) is 13.2. The van der Waals surface area contributed by atoms with Crippen molar-refractivity contribution < 1.29 is 4.39 Å². The molecule has 25 heavy (non-hydrogen) atoms. The van der Waals surface area contributed by atoms with E-state index in [-0.39, 0.29) is 11.9 Å². The van der Waals surface area contributed by atoms with Gasteiger partial charge in [0.2, 0.25) is 0 Å². The van der Waals surface area contributed by atoms with Gasteiger partial charge in [-0.25, -0.2) is 18.9 Å². The van der Waals surface area contributed by atoms with Crippen LogP contribution in [0.3, 0.4) is 0 Å². The van der Waals surface area contributed by atoms with E-state index in [9.17, 15) is 4.39 Å². The Kier molecular flexibility index (Phi) is 3.03. The number of pyridine rings is 1. The number of aromatic nitrogens is 6. The largest absolute Gasteiger partial charge is 0.348 e. The molecule has 0 saturated heterocycles. The van der Waals surface area contributed by atoms with E-state index < -0.39 is 0 Å². The maximum absolute atomic E-state index is 14.1. The number of hydrogen-bond acceptors (Lipinski definition) is 5. The molecule has 0 radical (unpaired) electrons. The number of nitrogens with zero attached hydrogens (tertiary/aromatic N) is 6. The Balaban J connectivity index is 1.70. The van der Waals surface area contributed by atoms with Gasteiger partial charge in [0.05, 0.1) is 23.9 Å². The number of hydrogen-bond donors (Lipinski definition) is 1. The molecule has 1 atom stereocenters. The van der Waals surface area contributed by atoms with Crippen LogP contribution in [0.5, 0.6) is 0 Å². The van der Waals surface area contributed by atoms with Gasteiger partial charge in [0.1, 0.15) is 23.2 Å². The van der Waals surface area contributed by atoms with Crippen molar-refractivity contribution in [3.8, 4) is 0 Å². The molecule has 4 aromatic rings. The number of imidazole rings is 1. The standard InChI is InChI=1S/C17H14FN7/c18-11-2-1-6-25-14(11)8-13(23-25)17-16-12(21-10-22-16)3-7-24(17)15-9-19-4-5-20-15/h1-2,4-6,8-10,17H,3,7H2,(H,21,22)/t17-/m0/s1.